The zero-order valence-electron chi connectivity index (χ0n) is 11.6. The highest BCUT2D eigenvalue weighted by Crippen LogP contribution is 2.32. The van der Waals surface area contributed by atoms with Crippen LogP contribution in [-0.4, -0.2) is 6.54 Å². The van der Waals surface area contributed by atoms with Crippen LogP contribution in [0.1, 0.15) is 57.1 Å². The van der Waals surface area contributed by atoms with E-state index in [2.05, 4.69) is 5.32 Å². The van der Waals surface area contributed by atoms with E-state index in [4.69, 9.17) is 0 Å². The van der Waals surface area contributed by atoms with Gasteiger partial charge in [-0.05, 0) is 36.6 Å². The summed E-state index contributed by atoms with van der Waals surface area (Å²) in [6.45, 7) is 2.85. The van der Waals surface area contributed by atoms with Crippen LogP contribution < -0.4 is 5.32 Å². The summed E-state index contributed by atoms with van der Waals surface area (Å²) in [5, 5.41) is 3.37. The Kier molecular flexibility index (Phi) is 5.32. The largest absolute Gasteiger partial charge is 0.310 e. The molecule has 0 heterocycles. The average Bonchev–Trinajstić information content (AvgIpc) is 2.38. The Morgan fingerprint density at radius 3 is 2.32 bits per heavy atom. The molecular formula is C16H23F2N. The van der Waals surface area contributed by atoms with Crippen LogP contribution in [0.3, 0.4) is 0 Å². The molecule has 2 rings (SSSR count). The Balaban J connectivity index is 2.09. The molecule has 1 aromatic carbocycles. The molecule has 1 aliphatic carbocycles. The number of nitrogens with one attached hydrogen (secondary N) is 1. The molecule has 1 unspecified atom stereocenters. The van der Waals surface area contributed by atoms with Crippen molar-refractivity contribution in [1.82, 2.24) is 5.32 Å². The molecule has 1 aliphatic rings. The Bertz CT molecular complexity index is 379. The second-order valence-corrected chi connectivity index (χ2v) is 5.55. The van der Waals surface area contributed by atoms with Crippen molar-refractivity contribution in [3.05, 3.63) is 35.4 Å². The lowest BCUT2D eigenvalue weighted by molar-refractivity contribution is 0.301. The normalized spacial score (nSPS) is 18.5. The molecule has 0 radical (unpaired) electrons. The van der Waals surface area contributed by atoms with E-state index >= 15 is 0 Å². The van der Waals surface area contributed by atoms with Gasteiger partial charge < -0.3 is 5.32 Å². The highest BCUT2D eigenvalue weighted by Gasteiger charge is 2.20. The van der Waals surface area contributed by atoms with E-state index in [0.29, 0.717) is 5.92 Å². The standard InChI is InChI=1S/C16H23F2N/c1-2-19-16(8-12-6-4-3-5-7-12)13-9-14(17)11-15(18)10-13/h9-12,16,19H,2-8H2,1H3. The SMILES string of the molecule is CCNC(CC1CCCCC1)c1cc(F)cc(F)c1. The van der Waals surface area contributed by atoms with Crippen LogP contribution in [0.5, 0.6) is 0 Å². The van der Waals surface area contributed by atoms with Crippen molar-refractivity contribution >= 4 is 0 Å². The third-order valence-electron chi connectivity index (χ3n) is 4.03. The van der Waals surface area contributed by atoms with Crippen LogP contribution in [0, 0.1) is 17.6 Å². The van der Waals surface area contributed by atoms with Gasteiger partial charge in [-0.25, -0.2) is 8.78 Å². The van der Waals surface area contributed by atoms with Gasteiger partial charge in [0.05, 0.1) is 0 Å². The first-order valence-corrected chi connectivity index (χ1v) is 7.38. The summed E-state index contributed by atoms with van der Waals surface area (Å²) in [5.74, 6) is -0.285. The lowest BCUT2D eigenvalue weighted by Crippen LogP contribution is -2.24. The molecule has 0 spiro atoms. The Morgan fingerprint density at radius 1 is 1.11 bits per heavy atom. The lowest BCUT2D eigenvalue weighted by Gasteiger charge is -2.27. The fourth-order valence-electron chi connectivity index (χ4n) is 3.12. The van der Waals surface area contributed by atoms with E-state index in [0.717, 1.165) is 24.6 Å². The van der Waals surface area contributed by atoms with E-state index in [1.165, 1.54) is 44.2 Å². The molecular weight excluding hydrogens is 244 g/mol. The summed E-state index contributed by atoms with van der Waals surface area (Å²) < 4.78 is 26.7. The predicted molar refractivity (Wildman–Crippen MR) is 74.0 cm³/mol. The van der Waals surface area contributed by atoms with Crippen LogP contribution >= 0.6 is 0 Å². The first-order chi connectivity index (χ1) is 9.19. The number of rotatable bonds is 5. The molecule has 3 heteroatoms. The molecule has 0 aromatic heterocycles. The van der Waals surface area contributed by atoms with Crippen molar-refractivity contribution in [2.75, 3.05) is 6.54 Å². The summed E-state index contributed by atoms with van der Waals surface area (Å²) in [4.78, 5) is 0. The molecule has 1 aromatic rings. The maximum Gasteiger partial charge on any atom is 0.126 e. The monoisotopic (exact) mass is 267 g/mol. The maximum atomic E-state index is 13.3. The second-order valence-electron chi connectivity index (χ2n) is 5.55. The Hall–Kier alpha value is -0.960. The number of hydrogen-bond acceptors (Lipinski definition) is 1. The maximum absolute atomic E-state index is 13.3. The molecule has 0 saturated heterocycles. The molecule has 19 heavy (non-hydrogen) atoms. The summed E-state index contributed by atoms with van der Waals surface area (Å²) in [5.41, 5.74) is 0.741. The van der Waals surface area contributed by atoms with E-state index in [-0.39, 0.29) is 6.04 Å². The quantitative estimate of drug-likeness (QED) is 0.823. The van der Waals surface area contributed by atoms with Crippen LogP contribution in [0.4, 0.5) is 8.78 Å². The van der Waals surface area contributed by atoms with Crippen molar-refractivity contribution in [2.45, 2.75) is 51.5 Å². The van der Waals surface area contributed by atoms with Crippen LogP contribution in [0.25, 0.3) is 0 Å². The van der Waals surface area contributed by atoms with Gasteiger partial charge >= 0.3 is 0 Å². The minimum Gasteiger partial charge on any atom is -0.310 e. The summed E-state index contributed by atoms with van der Waals surface area (Å²) in [6, 6.07) is 3.92. The Labute approximate surface area is 114 Å². The smallest absolute Gasteiger partial charge is 0.126 e. The minimum absolute atomic E-state index is 0.0679. The van der Waals surface area contributed by atoms with Gasteiger partial charge in [0.2, 0.25) is 0 Å². The third-order valence-corrected chi connectivity index (χ3v) is 4.03. The zero-order valence-corrected chi connectivity index (χ0v) is 11.6. The van der Waals surface area contributed by atoms with Gasteiger partial charge in [0.15, 0.2) is 0 Å². The van der Waals surface area contributed by atoms with Gasteiger partial charge in [0.1, 0.15) is 11.6 Å². The molecule has 0 amide bonds. The molecule has 1 N–H and O–H groups in total. The van der Waals surface area contributed by atoms with E-state index in [9.17, 15) is 8.78 Å². The van der Waals surface area contributed by atoms with E-state index < -0.39 is 11.6 Å². The van der Waals surface area contributed by atoms with Gasteiger partial charge in [-0.2, -0.15) is 0 Å². The summed E-state index contributed by atoms with van der Waals surface area (Å²) in [6.07, 6.45) is 7.40. The lowest BCUT2D eigenvalue weighted by atomic mass is 9.83. The zero-order chi connectivity index (χ0) is 13.7. The minimum atomic E-state index is -0.485. The second kappa shape index (κ2) is 6.99. The van der Waals surface area contributed by atoms with Gasteiger partial charge in [-0.15, -0.1) is 0 Å². The van der Waals surface area contributed by atoms with Crippen molar-refractivity contribution in [1.29, 1.82) is 0 Å². The third kappa shape index (κ3) is 4.27. The van der Waals surface area contributed by atoms with E-state index in [1.54, 1.807) is 0 Å². The highest BCUT2D eigenvalue weighted by atomic mass is 19.1. The average molecular weight is 267 g/mol. The van der Waals surface area contributed by atoms with E-state index in [1.807, 2.05) is 6.92 Å². The molecule has 106 valence electrons. The molecule has 0 bridgehead atoms. The van der Waals surface area contributed by atoms with Crippen molar-refractivity contribution in [3.8, 4) is 0 Å². The van der Waals surface area contributed by atoms with Gasteiger partial charge in [0, 0.05) is 12.1 Å². The molecule has 1 atom stereocenters. The topological polar surface area (TPSA) is 12.0 Å². The predicted octanol–water partition coefficient (Wildman–Crippen LogP) is 4.59. The first kappa shape index (κ1) is 14.4. The van der Waals surface area contributed by atoms with Gasteiger partial charge in [0.25, 0.3) is 0 Å². The molecule has 0 aliphatic heterocycles. The Morgan fingerprint density at radius 2 is 1.74 bits per heavy atom. The van der Waals surface area contributed by atoms with Crippen LogP contribution in [-0.2, 0) is 0 Å². The molecule has 1 saturated carbocycles. The number of hydrogen-bond donors (Lipinski definition) is 1. The number of benzene rings is 1. The van der Waals surface area contributed by atoms with Crippen molar-refractivity contribution < 1.29 is 8.78 Å². The molecule has 1 fully saturated rings. The van der Waals surface area contributed by atoms with Crippen LogP contribution in [0.15, 0.2) is 18.2 Å². The summed E-state index contributed by atoms with van der Waals surface area (Å²) in [7, 11) is 0. The van der Waals surface area contributed by atoms with Crippen LogP contribution in [0.2, 0.25) is 0 Å². The molecule has 1 nitrogen and oxygen atoms in total. The van der Waals surface area contributed by atoms with Gasteiger partial charge in [-0.1, -0.05) is 39.0 Å². The summed E-state index contributed by atoms with van der Waals surface area (Å²) >= 11 is 0. The van der Waals surface area contributed by atoms with Gasteiger partial charge in [-0.3, -0.25) is 0 Å². The first-order valence-electron chi connectivity index (χ1n) is 7.38. The fourth-order valence-corrected chi connectivity index (χ4v) is 3.12. The fraction of sp³-hybridized carbons (Fsp3) is 0.625. The number of halogens is 2. The highest BCUT2D eigenvalue weighted by molar-refractivity contribution is 5.21. The van der Waals surface area contributed by atoms with Crippen molar-refractivity contribution in [3.63, 3.8) is 0 Å². The van der Waals surface area contributed by atoms with Crippen molar-refractivity contribution in [2.24, 2.45) is 5.92 Å².